The van der Waals surface area contributed by atoms with E-state index in [0.29, 0.717) is 24.3 Å². The number of nitrogens with one attached hydrogen (secondary N) is 1. The normalized spacial score (nSPS) is 26.2. The van der Waals surface area contributed by atoms with Gasteiger partial charge in [-0.25, -0.2) is 0 Å². The number of amides is 1. The number of carboxylic acid groups (broad SMARTS) is 1. The van der Waals surface area contributed by atoms with Crippen molar-refractivity contribution in [2.75, 3.05) is 6.54 Å². The molecule has 0 aliphatic heterocycles. The molecule has 2 N–H and O–H groups in total. The first-order valence-corrected chi connectivity index (χ1v) is 6.93. The summed E-state index contributed by atoms with van der Waals surface area (Å²) in [5.74, 6) is -0.510. The Kier molecular flexibility index (Phi) is 4.11. The minimum absolute atomic E-state index is 0.183. The lowest BCUT2D eigenvalue weighted by Crippen LogP contribution is -2.45. The molecule has 0 radical (unpaired) electrons. The van der Waals surface area contributed by atoms with Crippen LogP contribution in [0.1, 0.15) is 43.0 Å². The molecular weight excluding hydrogens is 258 g/mol. The van der Waals surface area contributed by atoms with Crippen LogP contribution in [0.15, 0.2) is 12.4 Å². The molecule has 1 aliphatic carbocycles. The minimum atomic E-state index is -0.815. The Labute approximate surface area is 118 Å². The van der Waals surface area contributed by atoms with Crippen molar-refractivity contribution in [2.24, 2.45) is 18.4 Å². The second-order valence-corrected chi connectivity index (χ2v) is 5.85. The maximum Gasteiger partial charge on any atom is 0.311 e. The van der Waals surface area contributed by atoms with Gasteiger partial charge in [-0.1, -0.05) is 6.92 Å². The highest BCUT2D eigenvalue weighted by Gasteiger charge is 2.41. The molecule has 0 spiro atoms. The van der Waals surface area contributed by atoms with Gasteiger partial charge in [0.25, 0.3) is 5.91 Å². The first-order valence-electron chi connectivity index (χ1n) is 6.93. The van der Waals surface area contributed by atoms with Crippen molar-refractivity contribution in [1.29, 1.82) is 0 Å². The number of rotatable bonds is 4. The van der Waals surface area contributed by atoms with E-state index < -0.39 is 11.4 Å². The number of hydrogen-bond donors (Lipinski definition) is 2. The Morgan fingerprint density at radius 1 is 1.50 bits per heavy atom. The highest BCUT2D eigenvalue weighted by atomic mass is 16.4. The molecule has 0 aromatic carbocycles. The number of carbonyl (C=O) groups is 2. The van der Waals surface area contributed by atoms with Gasteiger partial charge >= 0.3 is 5.97 Å². The molecule has 1 heterocycles. The van der Waals surface area contributed by atoms with Gasteiger partial charge in [-0.05, 0) is 31.6 Å². The lowest BCUT2D eigenvalue weighted by atomic mass is 9.71. The summed E-state index contributed by atoms with van der Waals surface area (Å²) in [6.07, 6.45) is 6.13. The van der Waals surface area contributed by atoms with Crippen LogP contribution in [0.5, 0.6) is 0 Å². The maximum atomic E-state index is 12.0. The van der Waals surface area contributed by atoms with E-state index in [0.717, 1.165) is 12.8 Å². The fraction of sp³-hybridized carbons (Fsp3) is 0.643. The molecule has 2 rings (SSSR count). The molecular formula is C14H21N3O3. The number of carboxylic acids is 1. The Bertz CT molecular complexity index is 502. The quantitative estimate of drug-likeness (QED) is 0.873. The molecule has 0 unspecified atom stereocenters. The summed E-state index contributed by atoms with van der Waals surface area (Å²) in [6.45, 7) is 2.32. The lowest BCUT2D eigenvalue weighted by molar-refractivity contribution is -0.151. The van der Waals surface area contributed by atoms with Crippen LogP contribution in [-0.4, -0.2) is 33.3 Å². The molecule has 1 fully saturated rings. The van der Waals surface area contributed by atoms with Crippen molar-refractivity contribution in [3.63, 3.8) is 0 Å². The Balaban J connectivity index is 1.99. The zero-order chi connectivity index (χ0) is 14.8. The molecule has 6 nitrogen and oxygen atoms in total. The standard InChI is InChI=1S/C14H21N3O3/c1-10-3-5-14(6-4-10,13(19)20)9-15-12(18)11-7-16-17(2)8-11/h7-8,10H,3-6,9H2,1-2H3,(H,15,18)(H,19,20). The van der Waals surface area contributed by atoms with Crippen molar-refractivity contribution in [3.8, 4) is 0 Å². The number of hydrogen-bond acceptors (Lipinski definition) is 3. The van der Waals surface area contributed by atoms with Gasteiger partial charge in [0, 0.05) is 19.8 Å². The van der Waals surface area contributed by atoms with Crippen molar-refractivity contribution in [2.45, 2.75) is 32.6 Å². The zero-order valence-corrected chi connectivity index (χ0v) is 11.9. The van der Waals surface area contributed by atoms with E-state index >= 15 is 0 Å². The predicted octanol–water partition coefficient (Wildman–Crippen LogP) is 1.43. The molecule has 0 bridgehead atoms. The average Bonchev–Trinajstić information content (AvgIpc) is 2.84. The van der Waals surface area contributed by atoms with Crippen molar-refractivity contribution >= 4 is 11.9 Å². The number of aryl methyl sites for hydroxylation is 1. The van der Waals surface area contributed by atoms with Gasteiger partial charge < -0.3 is 10.4 Å². The van der Waals surface area contributed by atoms with Crippen molar-refractivity contribution in [3.05, 3.63) is 18.0 Å². The van der Waals surface area contributed by atoms with E-state index in [1.54, 1.807) is 17.9 Å². The Morgan fingerprint density at radius 3 is 2.65 bits per heavy atom. The topological polar surface area (TPSA) is 84.2 Å². The predicted molar refractivity (Wildman–Crippen MR) is 73.2 cm³/mol. The molecule has 1 saturated carbocycles. The Morgan fingerprint density at radius 2 is 2.15 bits per heavy atom. The maximum absolute atomic E-state index is 12.0. The third-order valence-corrected chi connectivity index (χ3v) is 4.24. The second-order valence-electron chi connectivity index (χ2n) is 5.85. The largest absolute Gasteiger partial charge is 0.481 e. The van der Waals surface area contributed by atoms with Crippen molar-refractivity contribution in [1.82, 2.24) is 15.1 Å². The van der Waals surface area contributed by atoms with E-state index in [-0.39, 0.29) is 12.5 Å². The smallest absolute Gasteiger partial charge is 0.311 e. The summed E-state index contributed by atoms with van der Waals surface area (Å²) in [4.78, 5) is 23.5. The summed E-state index contributed by atoms with van der Waals surface area (Å²) in [5.41, 5.74) is -0.359. The van der Waals surface area contributed by atoms with E-state index in [9.17, 15) is 14.7 Å². The number of aliphatic carboxylic acids is 1. The molecule has 6 heteroatoms. The van der Waals surface area contributed by atoms with Crippen molar-refractivity contribution < 1.29 is 14.7 Å². The molecule has 0 saturated heterocycles. The third-order valence-electron chi connectivity index (χ3n) is 4.24. The molecule has 1 aromatic heterocycles. The molecule has 1 aromatic rings. The lowest BCUT2D eigenvalue weighted by Gasteiger charge is -2.35. The first-order chi connectivity index (χ1) is 9.43. The molecule has 110 valence electrons. The van der Waals surface area contributed by atoms with Crippen LogP contribution in [0.3, 0.4) is 0 Å². The van der Waals surface area contributed by atoms with E-state index in [2.05, 4.69) is 17.3 Å². The molecule has 0 atom stereocenters. The van der Waals surface area contributed by atoms with Crippen LogP contribution in [0.25, 0.3) is 0 Å². The summed E-state index contributed by atoms with van der Waals surface area (Å²) in [7, 11) is 1.73. The van der Waals surface area contributed by atoms with Gasteiger partial charge in [-0.3, -0.25) is 14.3 Å². The van der Waals surface area contributed by atoms with Gasteiger partial charge in [-0.15, -0.1) is 0 Å². The van der Waals surface area contributed by atoms with Crippen LogP contribution in [0, 0.1) is 11.3 Å². The van der Waals surface area contributed by atoms with Crippen LogP contribution in [0.2, 0.25) is 0 Å². The van der Waals surface area contributed by atoms with Crippen LogP contribution < -0.4 is 5.32 Å². The summed E-state index contributed by atoms with van der Waals surface area (Å²) < 4.78 is 1.55. The van der Waals surface area contributed by atoms with E-state index in [1.807, 2.05) is 0 Å². The Hall–Kier alpha value is -1.85. The van der Waals surface area contributed by atoms with Crippen LogP contribution in [-0.2, 0) is 11.8 Å². The monoisotopic (exact) mass is 279 g/mol. The van der Waals surface area contributed by atoms with Gasteiger partial charge in [-0.2, -0.15) is 5.10 Å². The first kappa shape index (κ1) is 14.6. The number of nitrogens with zero attached hydrogens (tertiary/aromatic N) is 2. The summed E-state index contributed by atoms with van der Waals surface area (Å²) in [5, 5.41) is 16.2. The van der Waals surface area contributed by atoms with Crippen LogP contribution >= 0.6 is 0 Å². The SMILES string of the molecule is CC1CCC(CNC(=O)c2cnn(C)c2)(C(=O)O)CC1. The van der Waals surface area contributed by atoms with Crippen LogP contribution in [0.4, 0.5) is 0 Å². The van der Waals surface area contributed by atoms with Gasteiger partial charge in [0.05, 0.1) is 17.2 Å². The fourth-order valence-electron chi connectivity index (χ4n) is 2.67. The fourth-order valence-corrected chi connectivity index (χ4v) is 2.67. The molecule has 1 aliphatic rings. The third kappa shape index (κ3) is 3.00. The highest BCUT2D eigenvalue weighted by Crippen LogP contribution is 2.38. The van der Waals surface area contributed by atoms with Gasteiger partial charge in [0.1, 0.15) is 0 Å². The van der Waals surface area contributed by atoms with Gasteiger partial charge in [0.15, 0.2) is 0 Å². The zero-order valence-electron chi connectivity index (χ0n) is 11.9. The summed E-state index contributed by atoms with van der Waals surface area (Å²) in [6, 6.07) is 0. The van der Waals surface area contributed by atoms with E-state index in [4.69, 9.17) is 0 Å². The summed E-state index contributed by atoms with van der Waals surface area (Å²) >= 11 is 0. The minimum Gasteiger partial charge on any atom is -0.481 e. The average molecular weight is 279 g/mol. The molecule has 20 heavy (non-hydrogen) atoms. The highest BCUT2D eigenvalue weighted by molar-refractivity contribution is 5.94. The molecule has 1 amide bonds. The number of carbonyl (C=O) groups excluding carboxylic acids is 1. The second kappa shape index (κ2) is 5.64. The number of aromatic nitrogens is 2. The van der Waals surface area contributed by atoms with E-state index in [1.165, 1.54) is 6.20 Å². The van der Waals surface area contributed by atoms with Gasteiger partial charge in [0.2, 0.25) is 0 Å².